The third kappa shape index (κ3) is 4.43. The third-order valence-corrected chi connectivity index (χ3v) is 5.49. The van der Waals surface area contributed by atoms with Gasteiger partial charge in [0.25, 0.3) is 5.56 Å². The summed E-state index contributed by atoms with van der Waals surface area (Å²) < 4.78 is 7.92. The molecule has 0 spiro atoms. The van der Waals surface area contributed by atoms with Crippen molar-refractivity contribution < 1.29 is 4.74 Å². The monoisotopic (exact) mass is 354 g/mol. The molecule has 1 aliphatic rings. The van der Waals surface area contributed by atoms with E-state index >= 15 is 0 Å². The van der Waals surface area contributed by atoms with Gasteiger partial charge in [0.15, 0.2) is 0 Å². The molecule has 1 heterocycles. The van der Waals surface area contributed by atoms with Crippen LogP contribution in [0.1, 0.15) is 54.3 Å². The predicted octanol–water partition coefficient (Wildman–Crippen LogP) is 3.71. The molecule has 1 saturated carbocycles. The van der Waals surface area contributed by atoms with Crippen LogP contribution in [0.3, 0.4) is 0 Å². The van der Waals surface area contributed by atoms with Crippen LogP contribution in [-0.2, 0) is 4.74 Å². The summed E-state index contributed by atoms with van der Waals surface area (Å²) >= 11 is 0. The lowest BCUT2D eigenvalue weighted by atomic mass is 9.83. The highest BCUT2D eigenvalue weighted by Gasteiger charge is 2.24. The van der Waals surface area contributed by atoms with Gasteiger partial charge in [-0.25, -0.2) is 0 Å². The molecule has 0 aliphatic heterocycles. The molecule has 1 fully saturated rings. The Bertz CT molecular complexity index is 761. The average Bonchev–Trinajstić information content (AvgIpc) is 2.67. The standard InChI is InChI=1S/C22H30N2O2/c1-16-12-17(2)22(25)24(14-16)20(13-23)15-26-21-10-8-19(9-11-21)18-6-4-3-5-7-18/h3-7,12,14,19-21H,8-11,13,15,23H2,1-2H3. The molecule has 0 amide bonds. The Morgan fingerprint density at radius 2 is 1.85 bits per heavy atom. The summed E-state index contributed by atoms with van der Waals surface area (Å²) in [6.45, 7) is 4.76. The SMILES string of the molecule is Cc1cc(C)c(=O)n(C(CN)COC2CCC(c3ccccc3)CC2)c1. The first kappa shape index (κ1) is 18.9. The van der Waals surface area contributed by atoms with Gasteiger partial charge in [-0.1, -0.05) is 30.3 Å². The summed E-state index contributed by atoms with van der Waals surface area (Å²) in [5.41, 5.74) is 9.24. The van der Waals surface area contributed by atoms with Crippen molar-refractivity contribution in [1.82, 2.24) is 4.57 Å². The Morgan fingerprint density at radius 1 is 1.15 bits per heavy atom. The highest BCUT2D eigenvalue weighted by atomic mass is 16.5. The lowest BCUT2D eigenvalue weighted by molar-refractivity contribution is 0.00782. The maximum absolute atomic E-state index is 12.4. The van der Waals surface area contributed by atoms with Crippen LogP contribution in [0.5, 0.6) is 0 Å². The quantitative estimate of drug-likeness (QED) is 0.860. The van der Waals surface area contributed by atoms with Gasteiger partial charge >= 0.3 is 0 Å². The van der Waals surface area contributed by atoms with Crippen LogP contribution < -0.4 is 11.3 Å². The molecule has 2 aromatic rings. The average molecular weight is 354 g/mol. The molecule has 0 bridgehead atoms. The molecule has 4 nitrogen and oxygen atoms in total. The highest BCUT2D eigenvalue weighted by molar-refractivity contribution is 5.20. The number of hydrogen-bond acceptors (Lipinski definition) is 3. The van der Waals surface area contributed by atoms with Crippen LogP contribution in [0, 0.1) is 13.8 Å². The van der Waals surface area contributed by atoms with Gasteiger partial charge in [0.1, 0.15) is 0 Å². The number of rotatable bonds is 6. The fraction of sp³-hybridized carbons (Fsp3) is 0.500. The molecule has 1 aromatic heterocycles. The normalized spacial score (nSPS) is 21.5. The van der Waals surface area contributed by atoms with E-state index in [1.807, 2.05) is 26.1 Å². The van der Waals surface area contributed by atoms with Crippen LogP contribution >= 0.6 is 0 Å². The maximum Gasteiger partial charge on any atom is 0.253 e. The molecule has 0 saturated heterocycles. The largest absolute Gasteiger partial charge is 0.376 e. The lowest BCUT2D eigenvalue weighted by Gasteiger charge is -2.30. The molecule has 140 valence electrons. The molecule has 0 radical (unpaired) electrons. The molecule has 3 rings (SSSR count). The van der Waals surface area contributed by atoms with Crippen molar-refractivity contribution in [3.8, 4) is 0 Å². The number of nitrogens with zero attached hydrogens (tertiary/aromatic N) is 1. The van der Waals surface area contributed by atoms with Gasteiger partial charge in [0.2, 0.25) is 0 Å². The molecular formula is C22H30N2O2. The first-order valence-corrected chi connectivity index (χ1v) is 9.64. The Balaban J connectivity index is 1.56. The Kier molecular flexibility index (Phi) is 6.28. The van der Waals surface area contributed by atoms with Crippen LogP contribution in [0.25, 0.3) is 0 Å². The molecular weight excluding hydrogens is 324 g/mol. The number of pyridine rings is 1. The van der Waals surface area contributed by atoms with Crippen molar-refractivity contribution in [2.75, 3.05) is 13.2 Å². The second-order valence-corrected chi connectivity index (χ2v) is 7.52. The second-order valence-electron chi connectivity index (χ2n) is 7.52. The van der Waals surface area contributed by atoms with E-state index in [2.05, 4.69) is 30.3 Å². The molecule has 26 heavy (non-hydrogen) atoms. The fourth-order valence-corrected chi connectivity index (χ4v) is 3.99. The smallest absolute Gasteiger partial charge is 0.253 e. The summed E-state index contributed by atoms with van der Waals surface area (Å²) in [6.07, 6.45) is 6.61. The molecule has 1 atom stereocenters. The molecule has 1 aliphatic carbocycles. The number of aromatic nitrogens is 1. The zero-order valence-corrected chi connectivity index (χ0v) is 15.9. The van der Waals surface area contributed by atoms with Gasteiger partial charge in [0.05, 0.1) is 18.8 Å². The van der Waals surface area contributed by atoms with E-state index in [4.69, 9.17) is 10.5 Å². The van der Waals surface area contributed by atoms with Crippen molar-refractivity contribution in [2.24, 2.45) is 5.73 Å². The van der Waals surface area contributed by atoms with Crippen molar-refractivity contribution in [2.45, 2.75) is 57.6 Å². The number of ether oxygens (including phenoxy) is 1. The summed E-state index contributed by atoms with van der Waals surface area (Å²) in [6, 6.07) is 12.6. The predicted molar refractivity (Wildman–Crippen MR) is 106 cm³/mol. The minimum absolute atomic E-state index is 0.0300. The third-order valence-electron chi connectivity index (χ3n) is 5.49. The molecule has 2 N–H and O–H groups in total. The van der Waals surface area contributed by atoms with Crippen LogP contribution in [0.15, 0.2) is 47.4 Å². The number of hydrogen-bond donors (Lipinski definition) is 1. The summed E-state index contributed by atoms with van der Waals surface area (Å²) in [5, 5.41) is 0. The fourth-order valence-electron chi connectivity index (χ4n) is 3.99. The first-order chi connectivity index (χ1) is 12.6. The van der Waals surface area contributed by atoms with Gasteiger partial charge in [-0.3, -0.25) is 4.79 Å². The van der Waals surface area contributed by atoms with E-state index in [9.17, 15) is 4.79 Å². The lowest BCUT2D eigenvalue weighted by Crippen LogP contribution is -2.35. The van der Waals surface area contributed by atoms with Gasteiger partial charge < -0.3 is 15.0 Å². The number of benzene rings is 1. The van der Waals surface area contributed by atoms with Gasteiger partial charge in [-0.15, -0.1) is 0 Å². The van der Waals surface area contributed by atoms with E-state index < -0.39 is 0 Å². The van der Waals surface area contributed by atoms with E-state index in [-0.39, 0.29) is 17.7 Å². The minimum atomic E-state index is -0.104. The van der Waals surface area contributed by atoms with E-state index in [0.29, 0.717) is 19.1 Å². The summed E-state index contributed by atoms with van der Waals surface area (Å²) in [5.74, 6) is 0.642. The number of nitrogens with two attached hydrogens (primary N) is 1. The molecule has 1 aromatic carbocycles. The summed E-state index contributed by atoms with van der Waals surface area (Å²) in [7, 11) is 0. The Morgan fingerprint density at radius 3 is 2.50 bits per heavy atom. The molecule has 4 heteroatoms. The van der Waals surface area contributed by atoms with Crippen LogP contribution in [0.4, 0.5) is 0 Å². The van der Waals surface area contributed by atoms with Gasteiger partial charge in [-0.2, -0.15) is 0 Å². The maximum atomic E-state index is 12.4. The number of aryl methyl sites for hydroxylation is 2. The van der Waals surface area contributed by atoms with E-state index in [1.165, 1.54) is 5.56 Å². The van der Waals surface area contributed by atoms with Crippen LogP contribution in [0.2, 0.25) is 0 Å². The van der Waals surface area contributed by atoms with Gasteiger partial charge in [0, 0.05) is 18.3 Å². The van der Waals surface area contributed by atoms with E-state index in [0.717, 1.165) is 36.8 Å². The summed E-state index contributed by atoms with van der Waals surface area (Å²) in [4.78, 5) is 12.4. The highest BCUT2D eigenvalue weighted by Crippen LogP contribution is 2.34. The van der Waals surface area contributed by atoms with Crippen molar-refractivity contribution in [1.29, 1.82) is 0 Å². The van der Waals surface area contributed by atoms with Crippen LogP contribution in [-0.4, -0.2) is 23.8 Å². The second kappa shape index (κ2) is 8.65. The Labute approximate surface area is 156 Å². The van der Waals surface area contributed by atoms with E-state index in [1.54, 1.807) is 4.57 Å². The van der Waals surface area contributed by atoms with Crippen molar-refractivity contribution in [3.63, 3.8) is 0 Å². The van der Waals surface area contributed by atoms with Gasteiger partial charge in [-0.05, 0) is 62.6 Å². The Hall–Kier alpha value is -1.91. The zero-order valence-electron chi connectivity index (χ0n) is 15.9. The minimum Gasteiger partial charge on any atom is -0.376 e. The topological polar surface area (TPSA) is 57.2 Å². The zero-order chi connectivity index (χ0) is 18.5. The van der Waals surface area contributed by atoms with Crippen molar-refractivity contribution >= 4 is 0 Å². The molecule has 1 unspecified atom stereocenters. The first-order valence-electron chi connectivity index (χ1n) is 9.64. The van der Waals surface area contributed by atoms with Crippen molar-refractivity contribution in [3.05, 3.63) is 69.6 Å².